The fourth-order valence-corrected chi connectivity index (χ4v) is 3.78. The summed E-state index contributed by atoms with van der Waals surface area (Å²) in [5.74, 6) is 0.194. The van der Waals surface area contributed by atoms with Crippen molar-refractivity contribution in [3.63, 3.8) is 0 Å². The first kappa shape index (κ1) is 23.6. The Bertz CT molecular complexity index is 1010. The van der Waals surface area contributed by atoms with Crippen molar-refractivity contribution in [3.8, 4) is 11.5 Å². The van der Waals surface area contributed by atoms with Crippen LogP contribution in [0.25, 0.3) is 0 Å². The molecule has 1 aromatic heterocycles. The number of rotatable bonds is 4. The molecule has 2 N–H and O–H groups in total. The summed E-state index contributed by atoms with van der Waals surface area (Å²) in [4.78, 5) is 30.8. The van der Waals surface area contributed by atoms with Gasteiger partial charge in [0.1, 0.15) is 11.4 Å². The summed E-state index contributed by atoms with van der Waals surface area (Å²) in [5, 5.41) is 11.4. The monoisotopic (exact) mass is 507 g/mol. The van der Waals surface area contributed by atoms with Gasteiger partial charge in [-0.25, -0.2) is 9.78 Å². The minimum Gasteiger partial charge on any atom is -0.449 e. The smallest absolute Gasteiger partial charge is 0.410 e. The number of nitrogens with zero attached hydrogens (tertiary/aromatic N) is 4. The largest absolute Gasteiger partial charge is 0.449 e. The number of halogens is 1. The molecule has 1 aromatic carbocycles. The number of pyridine rings is 1. The van der Waals surface area contributed by atoms with E-state index in [4.69, 9.17) is 15.2 Å². The van der Waals surface area contributed by atoms with Gasteiger partial charge in [-0.2, -0.15) is 0 Å². The van der Waals surface area contributed by atoms with Gasteiger partial charge in [0.15, 0.2) is 0 Å². The van der Waals surface area contributed by atoms with E-state index in [-0.39, 0.29) is 23.7 Å². The minimum absolute atomic E-state index is 0.00501. The number of carbonyl (C=O) groups is 1. The number of nitrogen functional groups attached to an aromatic ring is 1. The second-order valence-corrected chi connectivity index (χ2v) is 9.35. The fraction of sp³-hybridized carbons (Fsp3) is 0.429. The van der Waals surface area contributed by atoms with Gasteiger partial charge >= 0.3 is 11.8 Å². The highest BCUT2D eigenvalue weighted by Crippen LogP contribution is 2.41. The summed E-state index contributed by atoms with van der Waals surface area (Å²) >= 11 is 3.23. The molecule has 0 saturated carbocycles. The zero-order valence-electron chi connectivity index (χ0n) is 18.4. The number of benzene rings is 1. The Labute approximate surface area is 194 Å². The summed E-state index contributed by atoms with van der Waals surface area (Å²) in [6.07, 6.45) is 1.05. The third-order valence-corrected chi connectivity index (χ3v) is 5.41. The molecule has 0 radical (unpaired) electrons. The molecule has 10 nitrogen and oxygen atoms in total. The SMILES string of the molecule is C[C@H]1CN(C(=O)OC(C)(C)C)CCN1c1ccc(Oc2c(Br)cnc(N)c2[N+](=O)[O-])cc1. The van der Waals surface area contributed by atoms with E-state index in [1.54, 1.807) is 17.0 Å². The van der Waals surface area contributed by atoms with E-state index in [1.165, 1.54) is 6.20 Å². The lowest BCUT2D eigenvalue weighted by Gasteiger charge is -2.41. The normalized spacial score (nSPS) is 16.6. The Morgan fingerprint density at radius 2 is 1.94 bits per heavy atom. The van der Waals surface area contributed by atoms with Crippen molar-refractivity contribution in [1.29, 1.82) is 0 Å². The van der Waals surface area contributed by atoms with Gasteiger partial charge in [0, 0.05) is 37.6 Å². The zero-order chi connectivity index (χ0) is 23.6. The van der Waals surface area contributed by atoms with Crippen LogP contribution in [0, 0.1) is 10.1 Å². The van der Waals surface area contributed by atoms with Crippen molar-refractivity contribution in [1.82, 2.24) is 9.88 Å². The number of hydrogen-bond acceptors (Lipinski definition) is 8. The second kappa shape index (κ2) is 9.19. The third-order valence-electron chi connectivity index (χ3n) is 4.84. The molecule has 1 aliphatic heterocycles. The molecule has 1 aliphatic rings. The van der Waals surface area contributed by atoms with Crippen LogP contribution < -0.4 is 15.4 Å². The second-order valence-electron chi connectivity index (χ2n) is 8.49. The van der Waals surface area contributed by atoms with Crippen molar-refractivity contribution in [2.45, 2.75) is 39.3 Å². The molecule has 1 saturated heterocycles. The molecule has 0 unspecified atom stereocenters. The van der Waals surface area contributed by atoms with Gasteiger partial charge in [-0.3, -0.25) is 10.1 Å². The van der Waals surface area contributed by atoms with Crippen LogP contribution in [0.5, 0.6) is 11.5 Å². The Balaban J connectivity index is 1.71. The van der Waals surface area contributed by atoms with Crippen LogP contribution in [-0.4, -0.2) is 52.2 Å². The summed E-state index contributed by atoms with van der Waals surface area (Å²) in [5.41, 5.74) is 5.68. The van der Waals surface area contributed by atoms with E-state index >= 15 is 0 Å². The van der Waals surface area contributed by atoms with Crippen LogP contribution in [-0.2, 0) is 4.74 Å². The number of ether oxygens (including phenoxy) is 2. The molecular formula is C21H26BrN5O5. The van der Waals surface area contributed by atoms with Gasteiger partial charge in [0.05, 0.1) is 9.40 Å². The van der Waals surface area contributed by atoms with Gasteiger partial charge in [0.25, 0.3) is 0 Å². The number of amides is 1. The number of nitro groups is 1. The molecule has 32 heavy (non-hydrogen) atoms. The number of hydrogen-bond donors (Lipinski definition) is 1. The lowest BCUT2D eigenvalue weighted by molar-refractivity contribution is -0.385. The molecule has 0 aliphatic carbocycles. The van der Waals surface area contributed by atoms with Crippen molar-refractivity contribution in [3.05, 3.63) is 45.0 Å². The topological polar surface area (TPSA) is 124 Å². The molecule has 172 valence electrons. The average molecular weight is 508 g/mol. The third kappa shape index (κ3) is 5.39. The number of aromatic nitrogens is 1. The van der Waals surface area contributed by atoms with Gasteiger partial charge < -0.3 is 25.0 Å². The van der Waals surface area contributed by atoms with Crippen LogP contribution >= 0.6 is 15.9 Å². The van der Waals surface area contributed by atoms with E-state index in [9.17, 15) is 14.9 Å². The number of nitrogens with two attached hydrogens (primary N) is 1. The highest BCUT2D eigenvalue weighted by atomic mass is 79.9. The zero-order valence-corrected chi connectivity index (χ0v) is 20.0. The van der Waals surface area contributed by atoms with Crippen molar-refractivity contribution >= 4 is 39.2 Å². The Kier molecular flexibility index (Phi) is 6.77. The van der Waals surface area contributed by atoms with Crippen LogP contribution in [0.4, 0.5) is 22.0 Å². The lowest BCUT2D eigenvalue weighted by atomic mass is 10.1. The molecule has 2 aromatic rings. The van der Waals surface area contributed by atoms with Crippen molar-refractivity contribution in [2.24, 2.45) is 0 Å². The Morgan fingerprint density at radius 1 is 1.28 bits per heavy atom. The van der Waals surface area contributed by atoms with E-state index in [0.717, 1.165) is 5.69 Å². The molecule has 1 fully saturated rings. The highest BCUT2D eigenvalue weighted by Gasteiger charge is 2.30. The Morgan fingerprint density at radius 3 is 2.50 bits per heavy atom. The van der Waals surface area contributed by atoms with E-state index in [2.05, 4.69) is 25.8 Å². The molecule has 1 amide bonds. The number of piperazine rings is 1. The lowest BCUT2D eigenvalue weighted by Crippen LogP contribution is -2.54. The minimum atomic E-state index is -0.622. The first-order valence-corrected chi connectivity index (χ1v) is 10.9. The maximum Gasteiger partial charge on any atom is 0.410 e. The summed E-state index contributed by atoms with van der Waals surface area (Å²) < 4.78 is 11.5. The predicted molar refractivity (Wildman–Crippen MR) is 124 cm³/mol. The average Bonchev–Trinajstić information content (AvgIpc) is 2.70. The molecule has 2 heterocycles. The molecule has 0 spiro atoms. The standard InChI is InChI=1S/C21H26BrN5O5/c1-13-12-25(20(28)32-21(2,3)4)9-10-26(13)14-5-7-15(8-6-14)31-18-16(22)11-24-19(23)17(18)27(29)30/h5-8,11,13H,9-10,12H2,1-4H3,(H2,23,24)/t13-/m0/s1. The summed E-state index contributed by atoms with van der Waals surface area (Å²) in [6, 6.07) is 7.29. The van der Waals surface area contributed by atoms with Crippen LogP contribution in [0.3, 0.4) is 0 Å². The molecule has 1 atom stereocenters. The highest BCUT2D eigenvalue weighted by molar-refractivity contribution is 9.10. The molecular weight excluding hydrogens is 482 g/mol. The quantitative estimate of drug-likeness (QED) is 0.471. The first-order chi connectivity index (χ1) is 15.0. The molecule has 0 bridgehead atoms. The summed E-state index contributed by atoms with van der Waals surface area (Å²) in [7, 11) is 0. The molecule has 3 rings (SSSR count). The van der Waals surface area contributed by atoms with Gasteiger partial charge in [0.2, 0.25) is 11.6 Å². The fourth-order valence-electron chi connectivity index (χ4n) is 3.41. The van der Waals surface area contributed by atoms with Crippen LogP contribution in [0.2, 0.25) is 0 Å². The van der Waals surface area contributed by atoms with E-state index < -0.39 is 16.2 Å². The van der Waals surface area contributed by atoms with Crippen LogP contribution in [0.15, 0.2) is 34.9 Å². The van der Waals surface area contributed by atoms with Gasteiger partial charge in [-0.05, 0) is 67.9 Å². The van der Waals surface area contributed by atoms with Crippen molar-refractivity contribution in [2.75, 3.05) is 30.3 Å². The van der Waals surface area contributed by atoms with E-state index in [1.807, 2.05) is 39.8 Å². The van der Waals surface area contributed by atoms with Crippen LogP contribution in [0.1, 0.15) is 27.7 Å². The Hall–Kier alpha value is -3.08. The van der Waals surface area contributed by atoms with Gasteiger partial charge in [-0.15, -0.1) is 0 Å². The van der Waals surface area contributed by atoms with Gasteiger partial charge in [-0.1, -0.05) is 0 Å². The number of anilines is 2. The first-order valence-electron chi connectivity index (χ1n) is 10.1. The maximum atomic E-state index is 12.4. The molecule has 11 heteroatoms. The van der Waals surface area contributed by atoms with E-state index in [0.29, 0.717) is 29.9 Å². The predicted octanol–water partition coefficient (Wildman–Crippen LogP) is 4.57. The van der Waals surface area contributed by atoms with Crippen molar-refractivity contribution < 1.29 is 19.2 Å². The summed E-state index contributed by atoms with van der Waals surface area (Å²) in [6.45, 7) is 9.33. The maximum absolute atomic E-state index is 12.4. The number of carbonyl (C=O) groups excluding carboxylic acids is 1.